The van der Waals surface area contributed by atoms with Crippen LogP contribution >= 0.6 is 0 Å². The van der Waals surface area contributed by atoms with Crippen LogP contribution in [0.2, 0.25) is 0 Å². The van der Waals surface area contributed by atoms with Crippen LogP contribution in [-0.2, 0) is 0 Å². The van der Waals surface area contributed by atoms with Crippen LogP contribution in [-0.4, -0.2) is 35.1 Å². The summed E-state index contributed by atoms with van der Waals surface area (Å²) in [5.74, 6) is 0.0472. The van der Waals surface area contributed by atoms with Crippen LogP contribution in [0.3, 0.4) is 0 Å². The molecular weight excluding hydrogens is 252 g/mol. The van der Waals surface area contributed by atoms with E-state index in [2.05, 4.69) is 9.88 Å². The van der Waals surface area contributed by atoms with Gasteiger partial charge >= 0.3 is 0 Å². The van der Waals surface area contributed by atoms with Crippen molar-refractivity contribution in [2.45, 2.75) is 45.6 Å². The lowest BCUT2D eigenvalue weighted by Gasteiger charge is -2.33. The van der Waals surface area contributed by atoms with Crippen LogP contribution < -0.4 is 10.6 Å². The number of hydrogen-bond acceptors (Lipinski definition) is 4. The van der Waals surface area contributed by atoms with Gasteiger partial charge in [0.2, 0.25) is 0 Å². The zero-order valence-electron chi connectivity index (χ0n) is 12.3. The molecule has 2 heterocycles. The molecule has 110 valence electrons. The first-order valence-corrected chi connectivity index (χ1v) is 7.24. The first-order valence-electron chi connectivity index (χ1n) is 7.24. The largest absolute Gasteiger partial charge is 0.394 e. The van der Waals surface area contributed by atoms with E-state index < -0.39 is 0 Å². The Hall–Kier alpha value is -1.62. The molecule has 2 rings (SSSR count). The van der Waals surface area contributed by atoms with Gasteiger partial charge < -0.3 is 15.7 Å². The Labute approximate surface area is 120 Å². The van der Waals surface area contributed by atoms with E-state index in [0.717, 1.165) is 42.9 Å². The van der Waals surface area contributed by atoms with Crippen molar-refractivity contribution >= 4 is 11.5 Å². The molecule has 0 radical (unpaired) electrons. The zero-order chi connectivity index (χ0) is 14.7. The summed E-state index contributed by atoms with van der Waals surface area (Å²) >= 11 is 0. The lowest BCUT2D eigenvalue weighted by Crippen LogP contribution is -2.39. The molecule has 1 aromatic heterocycles. The van der Waals surface area contributed by atoms with Crippen molar-refractivity contribution in [1.29, 1.82) is 5.41 Å². The molecule has 1 fully saturated rings. The van der Waals surface area contributed by atoms with Gasteiger partial charge in [0.05, 0.1) is 29.6 Å². The topological polar surface area (TPSA) is 86.2 Å². The number of nitrogen functional groups attached to an aromatic ring is 1. The van der Waals surface area contributed by atoms with Gasteiger partial charge in [-0.05, 0) is 32.8 Å². The number of hydrogen-bond donors (Lipinski definition) is 3. The molecule has 5 nitrogen and oxygen atoms in total. The maximum absolute atomic E-state index is 9.67. The van der Waals surface area contributed by atoms with E-state index in [1.807, 2.05) is 19.9 Å². The average Bonchev–Trinajstić information content (AvgIpc) is 2.61. The van der Waals surface area contributed by atoms with Gasteiger partial charge in [-0.25, -0.2) is 0 Å². The van der Waals surface area contributed by atoms with Gasteiger partial charge in [0.1, 0.15) is 5.84 Å². The standard InChI is InChI=1S/C15H24N4O/c1-10-8-13(14(15(16)17)11(2)18-10)19-7-5-3-4-6-12(19)9-20/h8,12,20H,3-7,9H2,1-2H3,(H3,16,17). The number of anilines is 1. The maximum atomic E-state index is 9.67. The van der Waals surface area contributed by atoms with Crippen LogP contribution in [0.1, 0.15) is 42.6 Å². The van der Waals surface area contributed by atoms with E-state index in [0.29, 0.717) is 5.56 Å². The fourth-order valence-electron chi connectivity index (χ4n) is 3.05. The van der Waals surface area contributed by atoms with E-state index in [1.54, 1.807) is 0 Å². The van der Waals surface area contributed by atoms with Gasteiger partial charge in [-0.3, -0.25) is 10.4 Å². The van der Waals surface area contributed by atoms with Gasteiger partial charge in [0, 0.05) is 12.2 Å². The Morgan fingerprint density at radius 1 is 1.45 bits per heavy atom. The van der Waals surface area contributed by atoms with Crippen molar-refractivity contribution < 1.29 is 5.11 Å². The fourth-order valence-corrected chi connectivity index (χ4v) is 3.05. The third-order valence-electron chi connectivity index (χ3n) is 3.97. The summed E-state index contributed by atoms with van der Waals surface area (Å²) in [5, 5.41) is 17.5. The van der Waals surface area contributed by atoms with E-state index >= 15 is 0 Å². The normalized spacial score (nSPS) is 19.8. The highest BCUT2D eigenvalue weighted by atomic mass is 16.3. The van der Waals surface area contributed by atoms with E-state index in [1.165, 1.54) is 6.42 Å². The van der Waals surface area contributed by atoms with Crippen LogP contribution in [0.25, 0.3) is 0 Å². The number of aliphatic hydroxyl groups excluding tert-OH is 1. The minimum Gasteiger partial charge on any atom is -0.394 e. The van der Waals surface area contributed by atoms with Crippen LogP contribution in [0.5, 0.6) is 0 Å². The Kier molecular flexibility index (Phi) is 4.60. The number of rotatable bonds is 3. The molecule has 1 atom stereocenters. The summed E-state index contributed by atoms with van der Waals surface area (Å²) in [6, 6.07) is 2.09. The highest BCUT2D eigenvalue weighted by Crippen LogP contribution is 2.29. The molecule has 0 saturated carbocycles. The number of aliphatic hydroxyl groups is 1. The number of amidine groups is 1. The van der Waals surface area contributed by atoms with E-state index in [-0.39, 0.29) is 18.5 Å². The molecule has 20 heavy (non-hydrogen) atoms. The molecular formula is C15H24N4O. The summed E-state index contributed by atoms with van der Waals surface area (Å²) < 4.78 is 0. The minimum atomic E-state index is 0.0472. The second kappa shape index (κ2) is 6.22. The third kappa shape index (κ3) is 2.93. The summed E-state index contributed by atoms with van der Waals surface area (Å²) in [4.78, 5) is 6.63. The molecule has 0 bridgehead atoms. The number of nitrogens with zero attached hydrogens (tertiary/aromatic N) is 2. The summed E-state index contributed by atoms with van der Waals surface area (Å²) in [7, 11) is 0. The van der Waals surface area contributed by atoms with E-state index in [9.17, 15) is 5.11 Å². The number of aryl methyl sites for hydroxylation is 2. The Balaban J connectivity index is 2.50. The predicted molar refractivity (Wildman–Crippen MR) is 81.4 cm³/mol. The van der Waals surface area contributed by atoms with Gasteiger partial charge in [0.15, 0.2) is 0 Å². The first kappa shape index (κ1) is 14.8. The predicted octanol–water partition coefficient (Wildman–Crippen LogP) is 1.72. The highest BCUT2D eigenvalue weighted by molar-refractivity contribution is 6.01. The van der Waals surface area contributed by atoms with E-state index in [4.69, 9.17) is 11.1 Å². The highest BCUT2D eigenvalue weighted by Gasteiger charge is 2.24. The zero-order valence-corrected chi connectivity index (χ0v) is 12.3. The maximum Gasteiger partial charge on any atom is 0.126 e. The molecule has 1 saturated heterocycles. The Morgan fingerprint density at radius 3 is 2.85 bits per heavy atom. The van der Waals surface area contributed by atoms with Gasteiger partial charge in [-0.15, -0.1) is 0 Å². The van der Waals surface area contributed by atoms with Crippen LogP contribution in [0.4, 0.5) is 5.69 Å². The van der Waals surface area contributed by atoms with Crippen molar-refractivity contribution in [3.8, 4) is 0 Å². The van der Waals surface area contributed by atoms with Crippen molar-refractivity contribution in [3.05, 3.63) is 23.0 Å². The van der Waals surface area contributed by atoms with Crippen molar-refractivity contribution in [1.82, 2.24) is 4.98 Å². The number of aromatic nitrogens is 1. The lowest BCUT2D eigenvalue weighted by atomic mass is 10.1. The van der Waals surface area contributed by atoms with Crippen LogP contribution in [0.15, 0.2) is 6.07 Å². The molecule has 5 heteroatoms. The molecule has 4 N–H and O–H groups in total. The number of nitrogens with one attached hydrogen (secondary N) is 1. The second-order valence-electron chi connectivity index (χ2n) is 5.54. The SMILES string of the molecule is Cc1cc(N2CCCCCC2CO)c(C(=N)N)c(C)n1. The first-order chi connectivity index (χ1) is 9.54. The van der Waals surface area contributed by atoms with Crippen LogP contribution in [0, 0.1) is 19.3 Å². The van der Waals surface area contributed by atoms with Crippen molar-refractivity contribution in [2.24, 2.45) is 5.73 Å². The summed E-state index contributed by atoms with van der Waals surface area (Å²) in [5.41, 5.74) is 9.11. The molecule has 0 amide bonds. The Morgan fingerprint density at radius 2 is 2.20 bits per heavy atom. The van der Waals surface area contributed by atoms with Crippen molar-refractivity contribution in [2.75, 3.05) is 18.1 Å². The van der Waals surface area contributed by atoms with Gasteiger partial charge in [-0.1, -0.05) is 12.8 Å². The molecule has 1 aliphatic rings. The lowest BCUT2D eigenvalue weighted by molar-refractivity contribution is 0.255. The fraction of sp³-hybridized carbons (Fsp3) is 0.600. The minimum absolute atomic E-state index is 0.0472. The molecule has 1 aliphatic heterocycles. The van der Waals surface area contributed by atoms with Gasteiger partial charge in [-0.2, -0.15) is 0 Å². The van der Waals surface area contributed by atoms with Crippen molar-refractivity contribution in [3.63, 3.8) is 0 Å². The molecule has 0 aliphatic carbocycles. The smallest absolute Gasteiger partial charge is 0.126 e. The Bertz CT molecular complexity index is 501. The monoisotopic (exact) mass is 276 g/mol. The molecule has 0 aromatic carbocycles. The molecule has 1 unspecified atom stereocenters. The van der Waals surface area contributed by atoms with Gasteiger partial charge in [0.25, 0.3) is 0 Å². The number of nitrogens with two attached hydrogens (primary N) is 1. The average molecular weight is 276 g/mol. The second-order valence-corrected chi connectivity index (χ2v) is 5.54. The quantitative estimate of drug-likeness (QED) is 0.579. The summed E-state index contributed by atoms with van der Waals surface area (Å²) in [6.45, 7) is 4.87. The summed E-state index contributed by atoms with van der Waals surface area (Å²) in [6.07, 6.45) is 4.41. The molecule has 0 spiro atoms. The number of pyridine rings is 1. The third-order valence-corrected chi connectivity index (χ3v) is 3.97. The molecule has 1 aromatic rings.